The van der Waals surface area contributed by atoms with Gasteiger partial charge in [-0.05, 0) is 50.3 Å². The molecule has 7 nitrogen and oxygen atoms in total. The molecule has 29 heavy (non-hydrogen) atoms. The fourth-order valence-electron chi connectivity index (χ4n) is 3.96. The topological polar surface area (TPSA) is 97.1 Å². The minimum Gasteiger partial charge on any atom is -0.383 e. The van der Waals surface area contributed by atoms with Crippen LogP contribution in [0, 0.1) is 0 Å². The molecule has 0 saturated heterocycles. The number of fused-ring (bicyclic) bond motifs is 3. The first-order valence-corrected chi connectivity index (χ1v) is 10.1. The van der Waals surface area contributed by atoms with Crippen molar-refractivity contribution in [1.82, 2.24) is 19.9 Å². The van der Waals surface area contributed by atoms with E-state index in [-0.39, 0.29) is 11.9 Å². The summed E-state index contributed by atoms with van der Waals surface area (Å²) in [5, 5.41) is 0. The van der Waals surface area contributed by atoms with E-state index in [4.69, 9.17) is 10.5 Å². The zero-order chi connectivity index (χ0) is 20.1. The summed E-state index contributed by atoms with van der Waals surface area (Å²) < 4.78 is 5.53. The number of pyridine rings is 2. The molecule has 7 heteroatoms. The summed E-state index contributed by atoms with van der Waals surface area (Å²) in [6.45, 7) is 5.44. The first-order chi connectivity index (χ1) is 14.0. The van der Waals surface area contributed by atoms with Gasteiger partial charge in [-0.3, -0.25) is 9.78 Å². The number of hydrogen-bond acceptors (Lipinski definition) is 5. The van der Waals surface area contributed by atoms with Gasteiger partial charge < -0.3 is 20.4 Å². The number of amides is 1. The molecule has 0 unspecified atom stereocenters. The molecular formula is C22H25N5O2. The van der Waals surface area contributed by atoms with Crippen LogP contribution in [0.15, 0.2) is 24.4 Å². The second-order valence-electron chi connectivity index (χ2n) is 8.27. The predicted octanol–water partition coefficient (Wildman–Crippen LogP) is 3.50. The molecule has 5 rings (SSSR count). The normalized spacial score (nSPS) is 15.8. The zero-order valence-electron chi connectivity index (χ0n) is 16.7. The van der Waals surface area contributed by atoms with Crippen LogP contribution in [0.3, 0.4) is 0 Å². The number of anilines is 1. The van der Waals surface area contributed by atoms with Gasteiger partial charge in [0.05, 0.1) is 36.5 Å². The molecule has 0 bridgehead atoms. The zero-order valence-corrected chi connectivity index (χ0v) is 16.7. The minimum atomic E-state index is -0.0719. The van der Waals surface area contributed by atoms with Gasteiger partial charge in [-0.2, -0.15) is 0 Å². The van der Waals surface area contributed by atoms with E-state index in [1.807, 2.05) is 31.0 Å². The van der Waals surface area contributed by atoms with E-state index >= 15 is 0 Å². The second kappa shape index (κ2) is 6.84. The maximum atomic E-state index is 13.3. The van der Waals surface area contributed by atoms with Crippen molar-refractivity contribution in [1.29, 1.82) is 0 Å². The number of aromatic nitrogens is 3. The number of ether oxygens (including phenoxy) is 1. The van der Waals surface area contributed by atoms with Crippen molar-refractivity contribution in [3.63, 3.8) is 0 Å². The number of nitrogens with zero attached hydrogens (tertiary/aromatic N) is 3. The lowest BCUT2D eigenvalue weighted by Gasteiger charge is -2.26. The number of hydrogen-bond donors (Lipinski definition) is 2. The highest BCUT2D eigenvalue weighted by molar-refractivity contribution is 5.98. The number of aromatic amines is 1. The van der Waals surface area contributed by atoms with Crippen molar-refractivity contribution in [2.75, 3.05) is 5.73 Å². The van der Waals surface area contributed by atoms with Crippen LogP contribution in [-0.2, 0) is 24.5 Å². The molecule has 1 aliphatic carbocycles. The lowest BCUT2D eigenvalue weighted by Crippen LogP contribution is -2.36. The van der Waals surface area contributed by atoms with Gasteiger partial charge in [-0.25, -0.2) is 4.98 Å². The Hall–Kier alpha value is -2.93. The monoisotopic (exact) mass is 391 g/mol. The van der Waals surface area contributed by atoms with E-state index in [1.54, 1.807) is 6.07 Å². The molecular weight excluding hydrogens is 366 g/mol. The summed E-state index contributed by atoms with van der Waals surface area (Å²) in [6, 6.07) is 5.99. The number of rotatable bonds is 5. The minimum absolute atomic E-state index is 0.0332. The van der Waals surface area contributed by atoms with Crippen molar-refractivity contribution in [3.05, 3.63) is 52.5 Å². The highest BCUT2D eigenvalue weighted by Crippen LogP contribution is 2.39. The summed E-state index contributed by atoms with van der Waals surface area (Å²) >= 11 is 0. The smallest absolute Gasteiger partial charge is 0.270 e. The third kappa shape index (κ3) is 3.25. The van der Waals surface area contributed by atoms with Gasteiger partial charge in [-0.15, -0.1) is 0 Å². The van der Waals surface area contributed by atoms with Crippen LogP contribution in [0.1, 0.15) is 65.5 Å². The third-order valence-corrected chi connectivity index (χ3v) is 5.85. The number of nitrogens with one attached hydrogen (secondary N) is 1. The van der Waals surface area contributed by atoms with E-state index in [0.717, 1.165) is 22.3 Å². The Morgan fingerprint density at radius 2 is 2.10 bits per heavy atom. The van der Waals surface area contributed by atoms with Crippen LogP contribution < -0.4 is 5.73 Å². The molecule has 0 aromatic carbocycles. The Kier molecular flexibility index (Phi) is 4.28. The van der Waals surface area contributed by atoms with E-state index < -0.39 is 0 Å². The average Bonchev–Trinajstić information content (AvgIpc) is 3.27. The standard InChI is InChI=1S/C22H25N5O2/c1-12(2)27(9-15-6-5-14(8-24-15)13-3-4-13)22(28)19-7-18-20(25-19)16-10-29-11-17(16)21(23)26-18/h5-8,12-13,25H,3-4,9-11H2,1-2H3,(H2,23,26). The highest BCUT2D eigenvalue weighted by atomic mass is 16.5. The van der Waals surface area contributed by atoms with Gasteiger partial charge in [0, 0.05) is 23.4 Å². The Morgan fingerprint density at radius 3 is 2.79 bits per heavy atom. The number of H-pyrrole nitrogens is 1. The lowest BCUT2D eigenvalue weighted by atomic mass is 10.1. The number of carbonyl (C=O) groups excluding carboxylic acids is 1. The number of carbonyl (C=O) groups is 1. The van der Waals surface area contributed by atoms with E-state index in [2.05, 4.69) is 21.0 Å². The molecule has 4 heterocycles. The maximum Gasteiger partial charge on any atom is 0.270 e. The molecule has 3 aromatic rings. The fourth-order valence-corrected chi connectivity index (χ4v) is 3.96. The van der Waals surface area contributed by atoms with Gasteiger partial charge in [-0.1, -0.05) is 6.07 Å². The lowest BCUT2D eigenvalue weighted by molar-refractivity contribution is 0.0682. The molecule has 0 atom stereocenters. The molecule has 150 valence electrons. The van der Waals surface area contributed by atoms with Crippen LogP contribution in [0.2, 0.25) is 0 Å². The van der Waals surface area contributed by atoms with Crippen LogP contribution >= 0.6 is 0 Å². The van der Waals surface area contributed by atoms with Crippen molar-refractivity contribution < 1.29 is 9.53 Å². The molecule has 0 radical (unpaired) electrons. The Balaban J connectivity index is 1.43. The molecule has 3 N–H and O–H groups in total. The van der Waals surface area contributed by atoms with Crippen molar-refractivity contribution in [3.8, 4) is 0 Å². The van der Waals surface area contributed by atoms with Crippen molar-refractivity contribution in [2.24, 2.45) is 0 Å². The molecule has 3 aromatic heterocycles. The summed E-state index contributed by atoms with van der Waals surface area (Å²) in [5.74, 6) is 1.08. The fraction of sp³-hybridized carbons (Fsp3) is 0.409. The van der Waals surface area contributed by atoms with E-state index in [0.29, 0.717) is 42.7 Å². The highest BCUT2D eigenvalue weighted by Gasteiger charge is 2.26. The van der Waals surface area contributed by atoms with Gasteiger partial charge in [0.1, 0.15) is 11.5 Å². The Morgan fingerprint density at radius 1 is 1.31 bits per heavy atom. The van der Waals surface area contributed by atoms with Crippen molar-refractivity contribution >= 4 is 22.8 Å². The van der Waals surface area contributed by atoms with Crippen LogP contribution in [-0.4, -0.2) is 31.8 Å². The van der Waals surface area contributed by atoms with Gasteiger partial charge in [0.15, 0.2) is 0 Å². The first kappa shape index (κ1) is 18.1. The maximum absolute atomic E-state index is 13.3. The van der Waals surface area contributed by atoms with Crippen LogP contribution in [0.4, 0.5) is 5.82 Å². The average molecular weight is 391 g/mol. The first-order valence-electron chi connectivity index (χ1n) is 10.1. The number of nitrogens with two attached hydrogens (primary N) is 1. The molecule has 0 spiro atoms. The van der Waals surface area contributed by atoms with E-state index in [1.165, 1.54) is 18.4 Å². The number of nitrogen functional groups attached to an aromatic ring is 1. The third-order valence-electron chi connectivity index (χ3n) is 5.85. The summed E-state index contributed by atoms with van der Waals surface area (Å²) in [6.07, 6.45) is 4.46. The molecule has 1 saturated carbocycles. The summed E-state index contributed by atoms with van der Waals surface area (Å²) in [4.78, 5) is 27.4. The second-order valence-corrected chi connectivity index (χ2v) is 8.27. The van der Waals surface area contributed by atoms with Gasteiger partial charge in [0.2, 0.25) is 0 Å². The Labute approximate surface area is 169 Å². The summed E-state index contributed by atoms with van der Waals surface area (Å²) in [5.41, 5.74) is 12.2. The molecule has 2 aliphatic rings. The largest absolute Gasteiger partial charge is 0.383 e. The molecule has 1 amide bonds. The SMILES string of the molecule is CC(C)N(Cc1ccc(C2CC2)cn1)C(=O)c1cc2nc(N)c3c(c2[nH]1)COC3. The Bertz CT molecular complexity index is 1080. The molecule has 1 fully saturated rings. The van der Waals surface area contributed by atoms with E-state index in [9.17, 15) is 4.79 Å². The quantitative estimate of drug-likeness (QED) is 0.694. The van der Waals surface area contributed by atoms with Crippen LogP contribution in [0.25, 0.3) is 11.0 Å². The predicted molar refractivity (Wildman–Crippen MR) is 110 cm³/mol. The molecule has 1 aliphatic heterocycles. The summed E-state index contributed by atoms with van der Waals surface area (Å²) in [7, 11) is 0. The van der Waals surface area contributed by atoms with Crippen molar-refractivity contribution in [2.45, 2.75) is 58.4 Å². The van der Waals surface area contributed by atoms with Gasteiger partial charge >= 0.3 is 0 Å². The van der Waals surface area contributed by atoms with Crippen LogP contribution in [0.5, 0.6) is 0 Å². The van der Waals surface area contributed by atoms with Gasteiger partial charge in [0.25, 0.3) is 5.91 Å².